The van der Waals surface area contributed by atoms with Crippen molar-refractivity contribution in [2.24, 2.45) is 5.41 Å². The SMILES string of the molecule is C1CCC2(C1)CCOC2.CC. The number of hydrogen-bond acceptors (Lipinski definition) is 1. The lowest BCUT2D eigenvalue weighted by Crippen LogP contribution is -2.14. The molecule has 0 aromatic rings. The molecule has 0 atom stereocenters. The van der Waals surface area contributed by atoms with Gasteiger partial charge in [0.2, 0.25) is 0 Å². The van der Waals surface area contributed by atoms with E-state index in [0.29, 0.717) is 5.41 Å². The fourth-order valence-electron chi connectivity index (χ4n) is 2.17. The fraction of sp³-hybridized carbons (Fsp3) is 1.00. The average molecular weight is 156 g/mol. The van der Waals surface area contributed by atoms with Crippen molar-refractivity contribution in [2.45, 2.75) is 46.0 Å². The van der Waals surface area contributed by atoms with Crippen molar-refractivity contribution in [1.29, 1.82) is 0 Å². The van der Waals surface area contributed by atoms with E-state index in [1.54, 1.807) is 0 Å². The Morgan fingerprint density at radius 2 is 1.64 bits per heavy atom. The van der Waals surface area contributed by atoms with Gasteiger partial charge in [0.1, 0.15) is 0 Å². The van der Waals surface area contributed by atoms with Crippen molar-refractivity contribution in [3.05, 3.63) is 0 Å². The molecule has 0 aromatic carbocycles. The smallest absolute Gasteiger partial charge is 0.0523 e. The zero-order valence-corrected chi connectivity index (χ0v) is 7.86. The standard InChI is InChI=1S/C8H14O.C2H6/c1-2-4-8(3-1)5-6-9-7-8;1-2/h1-7H2;1-2H3. The zero-order valence-electron chi connectivity index (χ0n) is 7.86. The molecule has 0 unspecified atom stereocenters. The predicted molar refractivity (Wildman–Crippen MR) is 47.7 cm³/mol. The van der Waals surface area contributed by atoms with Crippen LogP contribution in [0.2, 0.25) is 0 Å². The molecule has 0 N–H and O–H groups in total. The Hall–Kier alpha value is -0.0400. The predicted octanol–water partition coefficient (Wildman–Crippen LogP) is 2.99. The van der Waals surface area contributed by atoms with Gasteiger partial charge in [-0.15, -0.1) is 0 Å². The van der Waals surface area contributed by atoms with Gasteiger partial charge in [-0.05, 0) is 24.7 Å². The van der Waals surface area contributed by atoms with Crippen LogP contribution < -0.4 is 0 Å². The maximum Gasteiger partial charge on any atom is 0.0523 e. The Kier molecular flexibility index (Phi) is 3.38. The molecule has 2 fully saturated rings. The highest BCUT2D eigenvalue weighted by atomic mass is 16.5. The lowest BCUT2D eigenvalue weighted by molar-refractivity contribution is 0.154. The van der Waals surface area contributed by atoms with Crippen LogP contribution in [0.15, 0.2) is 0 Å². The highest BCUT2D eigenvalue weighted by Crippen LogP contribution is 2.44. The molecule has 1 aliphatic heterocycles. The summed E-state index contributed by atoms with van der Waals surface area (Å²) < 4.78 is 5.38. The largest absolute Gasteiger partial charge is 0.381 e. The number of ether oxygens (including phenoxy) is 1. The molecule has 0 aromatic heterocycles. The first-order valence-electron chi connectivity index (χ1n) is 4.99. The van der Waals surface area contributed by atoms with E-state index in [4.69, 9.17) is 4.74 Å². The van der Waals surface area contributed by atoms with Gasteiger partial charge in [-0.3, -0.25) is 0 Å². The molecule has 66 valence electrons. The van der Waals surface area contributed by atoms with Crippen molar-refractivity contribution >= 4 is 0 Å². The van der Waals surface area contributed by atoms with E-state index in [0.717, 1.165) is 13.2 Å². The van der Waals surface area contributed by atoms with Gasteiger partial charge in [-0.1, -0.05) is 26.7 Å². The molecule has 0 amide bonds. The summed E-state index contributed by atoms with van der Waals surface area (Å²) in [6.45, 7) is 6.09. The monoisotopic (exact) mass is 156 g/mol. The van der Waals surface area contributed by atoms with E-state index >= 15 is 0 Å². The van der Waals surface area contributed by atoms with Crippen molar-refractivity contribution in [1.82, 2.24) is 0 Å². The molecule has 1 nitrogen and oxygen atoms in total. The highest BCUT2D eigenvalue weighted by molar-refractivity contribution is 4.87. The molecule has 1 heterocycles. The van der Waals surface area contributed by atoms with Crippen LogP contribution >= 0.6 is 0 Å². The first-order chi connectivity index (χ1) is 5.41. The average Bonchev–Trinajstić information content (AvgIpc) is 2.69. The third-order valence-corrected chi connectivity index (χ3v) is 2.85. The quantitative estimate of drug-likeness (QED) is 0.524. The van der Waals surface area contributed by atoms with E-state index in [9.17, 15) is 0 Å². The Balaban J connectivity index is 0.000000281. The van der Waals surface area contributed by atoms with Crippen LogP contribution in [-0.2, 0) is 4.74 Å². The van der Waals surface area contributed by atoms with Crippen LogP contribution in [0.25, 0.3) is 0 Å². The van der Waals surface area contributed by atoms with Gasteiger partial charge in [-0.25, -0.2) is 0 Å². The van der Waals surface area contributed by atoms with Crippen LogP contribution in [0.4, 0.5) is 0 Å². The van der Waals surface area contributed by atoms with Gasteiger partial charge in [0.05, 0.1) is 6.61 Å². The van der Waals surface area contributed by atoms with Gasteiger partial charge in [0.25, 0.3) is 0 Å². The maximum absolute atomic E-state index is 5.38. The fourth-order valence-corrected chi connectivity index (χ4v) is 2.17. The topological polar surface area (TPSA) is 9.23 Å². The third kappa shape index (κ3) is 1.96. The molecule has 0 radical (unpaired) electrons. The Labute approximate surface area is 70.1 Å². The van der Waals surface area contributed by atoms with Crippen molar-refractivity contribution < 1.29 is 4.74 Å². The molecule has 0 bridgehead atoms. The van der Waals surface area contributed by atoms with Crippen LogP contribution in [-0.4, -0.2) is 13.2 Å². The second-order valence-corrected chi connectivity index (χ2v) is 3.51. The second-order valence-electron chi connectivity index (χ2n) is 3.51. The molecular weight excluding hydrogens is 136 g/mol. The summed E-state index contributed by atoms with van der Waals surface area (Å²) in [5.41, 5.74) is 0.667. The van der Waals surface area contributed by atoms with Gasteiger partial charge in [0, 0.05) is 6.61 Å². The van der Waals surface area contributed by atoms with E-state index in [-0.39, 0.29) is 0 Å². The maximum atomic E-state index is 5.38. The molecule has 2 rings (SSSR count). The molecular formula is C10H20O. The minimum Gasteiger partial charge on any atom is -0.381 e. The van der Waals surface area contributed by atoms with E-state index in [1.807, 2.05) is 13.8 Å². The second kappa shape index (κ2) is 4.10. The van der Waals surface area contributed by atoms with Crippen molar-refractivity contribution in [3.63, 3.8) is 0 Å². The summed E-state index contributed by atoms with van der Waals surface area (Å²) in [6, 6.07) is 0. The molecule has 1 saturated heterocycles. The number of hydrogen-bond donors (Lipinski definition) is 0. The van der Waals surface area contributed by atoms with E-state index in [2.05, 4.69) is 0 Å². The first-order valence-corrected chi connectivity index (χ1v) is 4.99. The Morgan fingerprint density at radius 3 is 2.09 bits per heavy atom. The molecule has 1 heteroatoms. The molecule has 1 spiro atoms. The molecule has 1 aliphatic carbocycles. The minimum absolute atomic E-state index is 0.667. The van der Waals surface area contributed by atoms with Gasteiger partial charge in [0.15, 0.2) is 0 Å². The van der Waals surface area contributed by atoms with Crippen LogP contribution in [0, 0.1) is 5.41 Å². The van der Waals surface area contributed by atoms with Crippen LogP contribution in [0.3, 0.4) is 0 Å². The lowest BCUT2D eigenvalue weighted by atomic mass is 9.86. The molecule has 2 aliphatic rings. The Bertz CT molecular complexity index is 79.9. The van der Waals surface area contributed by atoms with E-state index < -0.39 is 0 Å². The summed E-state index contributed by atoms with van der Waals surface area (Å²) in [5.74, 6) is 0. The summed E-state index contributed by atoms with van der Waals surface area (Å²) in [4.78, 5) is 0. The van der Waals surface area contributed by atoms with Gasteiger partial charge >= 0.3 is 0 Å². The summed E-state index contributed by atoms with van der Waals surface area (Å²) >= 11 is 0. The van der Waals surface area contributed by atoms with Crippen molar-refractivity contribution in [3.8, 4) is 0 Å². The van der Waals surface area contributed by atoms with Crippen LogP contribution in [0.1, 0.15) is 46.0 Å². The Morgan fingerprint density at radius 1 is 1.00 bits per heavy atom. The normalized spacial score (nSPS) is 26.7. The van der Waals surface area contributed by atoms with E-state index in [1.165, 1.54) is 32.1 Å². The lowest BCUT2D eigenvalue weighted by Gasteiger charge is -2.18. The number of rotatable bonds is 0. The zero-order chi connectivity index (χ0) is 8.16. The first kappa shape index (κ1) is 9.05. The third-order valence-electron chi connectivity index (χ3n) is 2.85. The minimum atomic E-state index is 0.667. The highest BCUT2D eigenvalue weighted by Gasteiger charge is 2.37. The molecule has 11 heavy (non-hydrogen) atoms. The van der Waals surface area contributed by atoms with Crippen LogP contribution in [0.5, 0.6) is 0 Å². The van der Waals surface area contributed by atoms with Gasteiger partial charge < -0.3 is 4.74 Å². The molecule has 1 saturated carbocycles. The summed E-state index contributed by atoms with van der Waals surface area (Å²) in [7, 11) is 0. The summed E-state index contributed by atoms with van der Waals surface area (Å²) in [6.07, 6.45) is 7.11. The van der Waals surface area contributed by atoms with Crippen molar-refractivity contribution in [2.75, 3.05) is 13.2 Å². The summed E-state index contributed by atoms with van der Waals surface area (Å²) in [5, 5.41) is 0. The van der Waals surface area contributed by atoms with Gasteiger partial charge in [-0.2, -0.15) is 0 Å².